The lowest BCUT2D eigenvalue weighted by molar-refractivity contribution is -0.117. The molecule has 5 aromatic rings. The lowest BCUT2D eigenvalue weighted by Gasteiger charge is -2.14. The summed E-state index contributed by atoms with van der Waals surface area (Å²) >= 11 is 0. The van der Waals surface area contributed by atoms with Crippen molar-refractivity contribution in [1.29, 1.82) is 0 Å². The van der Waals surface area contributed by atoms with E-state index < -0.39 is 17.4 Å². The Bertz CT molecular complexity index is 1470. The summed E-state index contributed by atoms with van der Waals surface area (Å²) in [4.78, 5) is 16.2. The number of amides is 1. The molecule has 0 radical (unpaired) electrons. The third-order valence-electron chi connectivity index (χ3n) is 5.29. The van der Waals surface area contributed by atoms with E-state index in [1.165, 1.54) is 45.9 Å². The number of aromatic nitrogens is 7. The summed E-state index contributed by atoms with van der Waals surface area (Å²) in [7, 11) is 0. The lowest BCUT2D eigenvalue weighted by Crippen LogP contribution is -2.22. The van der Waals surface area contributed by atoms with Crippen molar-refractivity contribution in [3.63, 3.8) is 0 Å². The number of alkyl halides is 2. The fourth-order valence-electron chi connectivity index (χ4n) is 3.42. The number of carbonyl (C=O) groups is 1. The first-order chi connectivity index (χ1) is 15.5. The van der Waals surface area contributed by atoms with Gasteiger partial charge in [-0.15, -0.1) is 10.2 Å². The fourth-order valence-corrected chi connectivity index (χ4v) is 3.42. The number of pyridine rings is 1. The van der Waals surface area contributed by atoms with Gasteiger partial charge in [-0.3, -0.25) is 9.20 Å². The van der Waals surface area contributed by atoms with Crippen LogP contribution in [-0.4, -0.2) is 40.3 Å². The van der Waals surface area contributed by atoms with Gasteiger partial charge in [-0.2, -0.15) is 13.9 Å². The highest BCUT2D eigenvalue weighted by atomic mass is 19.3. The number of hydrogen-bond acceptors (Lipinski definition) is 7. The Morgan fingerprint density at radius 1 is 1.09 bits per heavy atom. The number of carbonyl (C=O) groups excluding carboxylic acids is 1. The topological polar surface area (TPSA) is 116 Å². The van der Waals surface area contributed by atoms with E-state index in [1.807, 2.05) is 0 Å². The molecule has 0 aromatic carbocycles. The summed E-state index contributed by atoms with van der Waals surface area (Å²) in [6.45, 7) is 0. The average Bonchev–Trinajstić information content (AvgIpc) is 3.17. The first kappa shape index (κ1) is 18.5. The lowest BCUT2D eigenvalue weighted by atomic mass is 10.1. The van der Waals surface area contributed by atoms with Crippen LogP contribution in [0.4, 0.5) is 14.6 Å². The monoisotopic (exact) mass is 436 g/mol. The van der Waals surface area contributed by atoms with Crippen LogP contribution in [0.1, 0.15) is 24.4 Å². The van der Waals surface area contributed by atoms with Crippen molar-refractivity contribution in [2.45, 2.75) is 18.8 Å². The zero-order valence-corrected chi connectivity index (χ0v) is 16.3. The fraction of sp³-hybridized carbons (Fsp3) is 0.200. The van der Waals surface area contributed by atoms with Crippen molar-refractivity contribution < 1.29 is 18.1 Å². The van der Waals surface area contributed by atoms with Crippen molar-refractivity contribution in [1.82, 2.24) is 34.4 Å². The molecule has 1 saturated carbocycles. The minimum absolute atomic E-state index is 0.00314. The van der Waals surface area contributed by atoms with Crippen molar-refractivity contribution in [2.75, 3.05) is 5.32 Å². The van der Waals surface area contributed by atoms with Gasteiger partial charge in [0, 0.05) is 23.2 Å². The molecule has 5 heterocycles. The van der Waals surface area contributed by atoms with E-state index in [0.717, 1.165) is 12.8 Å². The average molecular weight is 436 g/mol. The summed E-state index contributed by atoms with van der Waals surface area (Å²) in [5.74, 6) is -4.00. The zero-order chi connectivity index (χ0) is 21.9. The molecular formula is C20H14F2N8O2. The molecule has 1 N–H and O–H groups in total. The molecule has 0 spiro atoms. The van der Waals surface area contributed by atoms with E-state index in [2.05, 4.69) is 30.8 Å². The Balaban J connectivity index is 1.38. The van der Waals surface area contributed by atoms with E-state index in [4.69, 9.17) is 4.52 Å². The van der Waals surface area contributed by atoms with Crippen LogP contribution in [0.25, 0.3) is 22.4 Å². The number of nitrogens with one attached hydrogen (secondary N) is 1. The smallest absolute Gasteiger partial charge is 0.350 e. The summed E-state index contributed by atoms with van der Waals surface area (Å²) < 4.78 is 38.2. The highest BCUT2D eigenvalue weighted by molar-refractivity contribution is 5.93. The molecule has 32 heavy (non-hydrogen) atoms. The van der Waals surface area contributed by atoms with Gasteiger partial charge in [0.1, 0.15) is 12.0 Å². The van der Waals surface area contributed by atoms with Gasteiger partial charge >= 0.3 is 5.92 Å². The Kier molecular flexibility index (Phi) is 3.85. The molecule has 1 fully saturated rings. The van der Waals surface area contributed by atoms with Gasteiger partial charge in [-0.1, -0.05) is 5.16 Å². The van der Waals surface area contributed by atoms with Crippen LogP contribution < -0.4 is 5.32 Å². The Labute approximate surface area is 177 Å². The molecule has 12 heteroatoms. The third kappa shape index (κ3) is 2.99. The standard InChI is InChI=1S/C20H14F2N8O2/c21-20(22,19-27-26-17-5-3-12(8-29(17)19)13-7-23-32-10-13)14-4-6-16-24-15(9-30(16)28-14)25-18(31)11-1-2-11/h3-11H,1-2H2,(H,25,31). The molecule has 5 aromatic heterocycles. The van der Waals surface area contributed by atoms with Gasteiger partial charge in [0.25, 0.3) is 0 Å². The second-order valence-electron chi connectivity index (χ2n) is 7.57. The van der Waals surface area contributed by atoms with E-state index in [1.54, 1.807) is 12.1 Å². The van der Waals surface area contributed by atoms with E-state index in [9.17, 15) is 4.79 Å². The first-order valence-electron chi connectivity index (χ1n) is 9.80. The summed E-state index contributed by atoms with van der Waals surface area (Å²) in [5, 5.41) is 17.9. The van der Waals surface area contributed by atoms with Crippen molar-refractivity contribution >= 4 is 23.0 Å². The van der Waals surface area contributed by atoms with E-state index >= 15 is 8.78 Å². The number of anilines is 1. The van der Waals surface area contributed by atoms with Crippen LogP contribution >= 0.6 is 0 Å². The molecule has 6 rings (SSSR count). The second kappa shape index (κ2) is 6.64. The van der Waals surface area contributed by atoms with Crippen molar-refractivity contribution in [3.05, 3.63) is 60.6 Å². The molecule has 0 bridgehead atoms. The highest BCUT2D eigenvalue weighted by Gasteiger charge is 2.41. The van der Waals surface area contributed by atoms with Crippen LogP contribution in [0.3, 0.4) is 0 Å². The molecule has 0 unspecified atom stereocenters. The van der Waals surface area contributed by atoms with Crippen LogP contribution in [0.2, 0.25) is 0 Å². The van der Waals surface area contributed by atoms with Crippen LogP contribution in [0, 0.1) is 5.92 Å². The molecule has 10 nitrogen and oxygen atoms in total. The second-order valence-corrected chi connectivity index (χ2v) is 7.57. The molecule has 0 aliphatic heterocycles. The van der Waals surface area contributed by atoms with Crippen molar-refractivity contribution in [3.8, 4) is 11.1 Å². The number of fused-ring (bicyclic) bond motifs is 2. The minimum atomic E-state index is -3.55. The van der Waals surface area contributed by atoms with Gasteiger partial charge in [-0.05, 0) is 37.1 Å². The molecule has 0 atom stereocenters. The number of nitrogens with zero attached hydrogens (tertiary/aromatic N) is 7. The maximum Gasteiger partial charge on any atom is 0.350 e. The number of halogens is 2. The maximum atomic E-state index is 15.5. The SMILES string of the molecule is O=C(Nc1cn2nc(C(F)(F)c3nnc4ccc(-c5cnoc5)cn34)ccc2n1)C1CC1. The van der Waals surface area contributed by atoms with Gasteiger partial charge in [0.15, 0.2) is 17.1 Å². The third-order valence-corrected chi connectivity index (χ3v) is 5.29. The number of rotatable bonds is 5. The van der Waals surface area contributed by atoms with E-state index in [-0.39, 0.29) is 23.3 Å². The molecule has 1 aliphatic rings. The largest absolute Gasteiger partial charge is 0.364 e. The van der Waals surface area contributed by atoms with Crippen LogP contribution in [-0.2, 0) is 10.7 Å². The first-order valence-corrected chi connectivity index (χ1v) is 9.80. The Morgan fingerprint density at radius 3 is 2.72 bits per heavy atom. The Hall–Kier alpha value is -4.22. The van der Waals surface area contributed by atoms with Gasteiger partial charge < -0.3 is 9.84 Å². The number of hydrogen-bond donors (Lipinski definition) is 1. The van der Waals surface area contributed by atoms with Crippen LogP contribution in [0.15, 0.2) is 53.6 Å². The molecular weight excluding hydrogens is 422 g/mol. The van der Waals surface area contributed by atoms with Crippen LogP contribution in [0.5, 0.6) is 0 Å². The molecule has 0 saturated heterocycles. The number of imidazole rings is 1. The zero-order valence-electron chi connectivity index (χ0n) is 16.3. The highest BCUT2D eigenvalue weighted by Crippen LogP contribution is 2.34. The molecule has 1 aliphatic carbocycles. The quantitative estimate of drug-likeness (QED) is 0.450. The van der Waals surface area contributed by atoms with Gasteiger partial charge in [0.2, 0.25) is 11.7 Å². The normalized spacial score (nSPS) is 14.3. The summed E-state index contributed by atoms with van der Waals surface area (Å²) in [6, 6.07) is 5.89. The van der Waals surface area contributed by atoms with E-state index in [0.29, 0.717) is 16.8 Å². The van der Waals surface area contributed by atoms with Gasteiger partial charge in [0.05, 0.1) is 12.4 Å². The predicted molar refractivity (Wildman–Crippen MR) is 106 cm³/mol. The minimum Gasteiger partial charge on any atom is -0.364 e. The van der Waals surface area contributed by atoms with Crippen molar-refractivity contribution in [2.24, 2.45) is 5.92 Å². The summed E-state index contributed by atoms with van der Waals surface area (Å²) in [5.41, 5.74) is 1.30. The van der Waals surface area contributed by atoms with Gasteiger partial charge in [-0.25, -0.2) is 9.50 Å². The maximum absolute atomic E-state index is 15.5. The molecule has 160 valence electrons. The Morgan fingerprint density at radius 2 is 1.94 bits per heavy atom. The predicted octanol–water partition coefficient (Wildman–Crippen LogP) is 2.92. The molecule has 1 amide bonds. The summed E-state index contributed by atoms with van der Waals surface area (Å²) in [6.07, 6.45) is 7.49.